The van der Waals surface area contributed by atoms with Crippen LogP contribution in [0.4, 0.5) is 4.39 Å². The number of nitrogens with two attached hydrogens (primary N) is 1. The van der Waals surface area contributed by atoms with Gasteiger partial charge in [0.25, 0.3) is 0 Å². The fraction of sp³-hybridized carbons (Fsp3) is 0.438. The van der Waals surface area contributed by atoms with Crippen molar-refractivity contribution in [3.63, 3.8) is 0 Å². The third-order valence-electron chi connectivity index (χ3n) is 3.26. The van der Waals surface area contributed by atoms with Gasteiger partial charge in [0.1, 0.15) is 11.4 Å². The summed E-state index contributed by atoms with van der Waals surface area (Å²) in [5, 5.41) is 0.697. The van der Waals surface area contributed by atoms with Gasteiger partial charge in [0.05, 0.1) is 19.3 Å². The number of halogens is 1. The second-order valence-corrected chi connectivity index (χ2v) is 5.15. The summed E-state index contributed by atoms with van der Waals surface area (Å²) in [6.45, 7) is 2.45. The summed E-state index contributed by atoms with van der Waals surface area (Å²) in [5.41, 5.74) is 7.24. The number of hydrogen-bond acceptors (Lipinski definition) is 4. The van der Waals surface area contributed by atoms with Crippen LogP contribution in [0.2, 0.25) is 0 Å². The number of carbonyl (C=O) groups excluding carboxylic acids is 1. The van der Waals surface area contributed by atoms with E-state index < -0.39 is 6.04 Å². The van der Waals surface area contributed by atoms with Gasteiger partial charge in [-0.15, -0.1) is 0 Å². The van der Waals surface area contributed by atoms with Gasteiger partial charge >= 0.3 is 5.97 Å². The SMILES string of the molecule is CCCCOC(=O)CC(N)Cc1cc(F)cc2ccoc12. The van der Waals surface area contributed by atoms with Crippen LogP contribution >= 0.6 is 0 Å². The smallest absolute Gasteiger partial charge is 0.307 e. The van der Waals surface area contributed by atoms with Crippen molar-refractivity contribution in [1.82, 2.24) is 0 Å². The van der Waals surface area contributed by atoms with Crippen LogP contribution in [0.25, 0.3) is 11.0 Å². The second-order valence-electron chi connectivity index (χ2n) is 5.15. The van der Waals surface area contributed by atoms with E-state index in [9.17, 15) is 9.18 Å². The van der Waals surface area contributed by atoms with E-state index in [1.165, 1.54) is 18.4 Å². The summed E-state index contributed by atoms with van der Waals surface area (Å²) in [6, 6.07) is 4.09. The average molecular weight is 293 g/mol. The first-order valence-electron chi connectivity index (χ1n) is 7.17. The molecule has 0 amide bonds. The number of ether oxygens (including phenoxy) is 1. The molecular weight excluding hydrogens is 273 g/mol. The molecule has 2 rings (SSSR count). The molecule has 0 aliphatic carbocycles. The highest BCUT2D eigenvalue weighted by atomic mass is 19.1. The number of carbonyl (C=O) groups is 1. The van der Waals surface area contributed by atoms with E-state index in [0.717, 1.165) is 12.8 Å². The van der Waals surface area contributed by atoms with E-state index in [0.29, 0.717) is 29.6 Å². The molecule has 21 heavy (non-hydrogen) atoms. The van der Waals surface area contributed by atoms with Crippen molar-refractivity contribution >= 4 is 16.9 Å². The predicted molar refractivity (Wildman–Crippen MR) is 78.3 cm³/mol. The van der Waals surface area contributed by atoms with Gasteiger partial charge in [-0.2, -0.15) is 0 Å². The standard InChI is InChI=1S/C16H20FNO3/c1-2-3-5-20-15(19)10-14(18)9-12-8-13(17)7-11-4-6-21-16(11)12/h4,6-8,14H,2-3,5,9-10,18H2,1H3. The maximum absolute atomic E-state index is 13.5. The zero-order valence-corrected chi connectivity index (χ0v) is 12.1. The molecule has 0 bridgehead atoms. The van der Waals surface area contributed by atoms with Crippen molar-refractivity contribution in [2.45, 2.75) is 38.6 Å². The summed E-state index contributed by atoms with van der Waals surface area (Å²) >= 11 is 0. The number of benzene rings is 1. The van der Waals surface area contributed by atoms with Gasteiger partial charge < -0.3 is 14.9 Å². The molecule has 0 saturated heterocycles. The third-order valence-corrected chi connectivity index (χ3v) is 3.26. The Hall–Kier alpha value is -1.88. The van der Waals surface area contributed by atoms with Gasteiger partial charge in [-0.3, -0.25) is 4.79 Å². The number of fused-ring (bicyclic) bond motifs is 1. The molecule has 0 aliphatic heterocycles. The van der Waals surface area contributed by atoms with Gasteiger partial charge in [0.2, 0.25) is 0 Å². The number of esters is 1. The summed E-state index contributed by atoms with van der Waals surface area (Å²) < 4.78 is 23.9. The molecule has 0 fully saturated rings. The molecule has 1 atom stereocenters. The van der Waals surface area contributed by atoms with Crippen LogP contribution in [0.1, 0.15) is 31.7 Å². The first kappa shape index (κ1) is 15.5. The Bertz CT molecular complexity index is 609. The van der Waals surface area contributed by atoms with E-state index in [1.807, 2.05) is 6.92 Å². The molecule has 0 aliphatic rings. The molecule has 1 aromatic carbocycles. The van der Waals surface area contributed by atoms with E-state index in [2.05, 4.69) is 0 Å². The first-order valence-corrected chi connectivity index (χ1v) is 7.17. The number of rotatable bonds is 7. The molecule has 2 N–H and O–H groups in total. The minimum absolute atomic E-state index is 0.114. The van der Waals surface area contributed by atoms with Crippen molar-refractivity contribution in [1.29, 1.82) is 0 Å². The van der Waals surface area contributed by atoms with E-state index >= 15 is 0 Å². The lowest BCUT2D eigenvalue weighted by molar-refractivity contribution is -0.144. The van der Waals surface area contributed by atoms with Crippen molar-refractivity contribution in [3.8, 4) is 0 Å². The van der Waals surface area contributed by atoms with Gasteiger partial charge in [-0.1, -0.05) is 13.3 Å². The molecule has 1 aromatic heterocycles. The zero-order valence-electron chi connectivity index (χ0n) is 12.1. The maximum atomic E-state index is 13.5. The first-order chi connectivity index (χ1) is 10.1. The van der Waals surface area contributed by atoms with Crippen molar-refractivity contribution in [3.05, 3.63) is 35.8 Å². The summed E-state index contributed by atoms with van der Waals surface area (Å²) in [7, 11) is 0. The lowest BCUT2D eigenvalue weighted by atomic mass is 10.0. The summed E-state index contributed by atoms with van der Waals surface area (Å²) in [5.74, 6) is -0.653. The van der Waals surface area contributed by atoms with Gasteiger partial charge in [-0.05, 0) is 36.6 Å². The summed E-state index contributed by atoms with van der Waals surface area (Å²) in [6.07, 6.45) is 3.81. The number of unbranched alkanes of at least 4 members (excludes halogenated alkanes) is 1. The van der Waals surface area contributed by atoms with Gasteiger partial charge in [0, 0.05) is 11.4 Å². The van der Waals surface area contributed by atoms with E-state index in [1.54, 1.807) is 6.07 Å². The van der Waals surface area contributed by atoms with Crippen molar-refractivity contribution in [2.75, 3.05) is 6.61 Å². The molecule has 114 valence electrons. The largest absolute Gasteiger partial charge is 0.466 e. The lowest BCUT2D eigenvalue weighted by Crippen LogP contribution is -2.27. The Labute approximate surface area is 123 Å². The molecular formula is C16H20FNO3. The van der Waals surface area contributed by atoms with Crippen molar-refractivity contribution < 1.29 is 18.3 Å². The Balaban J connectivity index is 1.96. The third kappa shape index (κ3) is 4.29. The van der Waals surface area contributed by atoms with Crippen LogP contribution in [0, 0.1) is 5.82 Å². The van der Waals surface area contributed by atoms with Crippen LogP contribution in [0.5, 0.6) is 0 Å². The topological polar surface area (TPSA) is 65.5 Å². The number of furan rings is 1. The van der Waals surface area contributed by atoms with Crippen LogP contribution in [0.15, 0.2) is 28.9 Å². The number of hydrogen-bond donors (Lipinski definition) is 1. The Kier molecular flexibility index (Phi) is 5.33. The average Bonchev–Trinajstić information content (AvgIpc) is 2.86. The molecule has 0 radical (unpaired) electrons. The Morgan fingerprint density at radius 2 is 2.29 bits per heavy atom. The molecule has 5 heteroatoms. The maximum Gasteiger partial charge on any atom is 0.307 e. The molecule has 2 aromatic rings. The highest BCUT2D eigenvalue weighted by molar-refractivity contribution is 5.80. The fourth-order valence-electron chi connectivity index (χ4n) is 2.23. The zero-order chi connectivity index (χ0) is 15.2. The normalized spacial score (nSPS) is 12.5. The second kappa shape index (κ2) is 7.22. The van der Waals surface area contributed by atoms with Crippen molar-refractivity contribution in [2.24, 2.45) is 5.73 Å². The summed E-state index contributed by atoms with van der Waals surface area (Å²) in [4.78, 5) is 11.6. The lowest BCUT2D eigenvalue weighted by Gasteiger charge is -2.12. The van der Waals surface area contributed by atoms with Crippen LogP contribution < -0.4 is 5.73 Å². The highest BCUT2D eigenvalue weighted by Gasteiger charge is 2.15. The van der Waals surface area contributed by atoms with E-state index in [-0.39, 0.29) is 18.2 Å². The minimum Gasteiger partial charge on any atom is -0.466 e. The van der Waals surface area contributed by atoms with Crippen LogP contribution in [0.3, 0.4) is 0 Å². The minimum atomic E-state index is -0.422. The van der Waals surface area contributed by atoms with Crippen LogP contribution in [-0.2, 0) is 16.0 Å². The van der Waals surface area contributed by atoms with E-state index in [4.69, 9.17) is 14.9 Å². The van der Waals surface area contributed by atoms with Gasteiger partial charge in [-0.25, -0.2) is 4.39 Å². The highest BCUT2D eigenvalue weighted by Crippen LogP contribution is 2.23. The van der Waals surface area contributed by atoms with Gasteiger partial charge in [0.15, 0.2) is 0 Å². The monoisotopic (exact) mass is 293 g/mol. The quantitative estimate of drug-likeness (QED) is 0.629. The fourth-order valence-corrected chi connectivity index (χ4v) is 2.23. The predicted octanol–water partition coefficient (Wildman–Crippen LogP) is 3.18. The molecule has 1 heterocycles. The molecule has 0 spiro atoms. The Morgan fingerprint density at radius 3 is 3.05 bits per heavy atom. The molecule has 0 saturated carbocycles. The molecule has 4 nitrogen and oxygen atoms in total. The Morgan fingerprint density at radius 1 is 1.48 bits per heavy atom. The molecule has 1 unspecified atom stereocenters. The van der Waals surface area contributed by atoms with Crippen LogP contribution in [-0.4, -0.2) is 18.6 Å².